The van der Waals surface area contributed by atoms with E-state index in [-0.39, 0.29) is 33.4 Å². The van der Waals surface area contributed by atoms with E-state index in [0.717, 1.165) is 18.6 Å². The van der Waals surface area contributed by atoms with Gasteiger partial charge < -0.3 is 4.90 Å². The smallest absolute Gasteiger partial charge is 0.275 e. The van der Waals surface area contributed by atoms with E-state index in [0.29, 0.717) is 13.1 Å². The summed E-state index contributed by atoms with van der Waals surface area (Å²) in [6, 6.07) is 3.49. The molecule has 0 spiro atoms. The molecule has 5 nitrogen and oxygen atoms in total. The second kappa shape index (κ2) is 5.52. The second-order valence-electron chi connectivity index (χ2n) is 5.50. The first kappa shape index (κ1) is 15.0. The number of carbonyl (C=O) groups is 1. The van der Waals surface area contributed by atoms with Crippen LogP contribution in [-0.4, -0.2) is 38.5 Å². The van der Waals surface area contributed by atoms with Crippen molar-refractivity contribution in [2.75, 3.05) is 13.1 Å². The third-order valence-electron chi connectivity index (χ3n) is 4.02. The Morgan fingerprint density at radius 2 is 2.00 bits per heavy atom. The van der Waals surface area contributed by atoms with E-state index in [9.17, 15) is 13.6 Å². The highest BCUT2D eigenvalue weighted by molar-refractivity contribution is 6.30. The van der Waals surface area contributed by atoms with Crippen molar-refractivity contribution < 1.29 is 13.6 Å². The van der Waals surface area contributed by atoms with E-state index in [1.807, 2.05) is 0 Å². The molecule has 3 aromatic rings. The number of rotatable bonds is 2. The number of fused-ring (bicyclic) bond motifs is 1. The van der Waals surface area contributed by atoms with Crippen molar-refractivity contribution >= 4 is 23.2 Å². The molecule has 4 rings (SSSR count). The number of nitrogens with zero attached hydrogens (tertiary/aromatic N) is 4. The van der Waals surface area contributed by atoms with Crippen molar-refractivity contribution in [1.82, 2.24) is 19.5 Å². The maximum absolute atomic E-state index is 14.4. The van der Waals surface area contributed by atoms with Crippen LogP contribution in [0, 0.1) is 11.6 Å². The fourth-order valence-corrected chi connectivity index (χ4v) is 2.82. The maximum Gasteiger partial charge on any atom is 0.275 e. The molecule has 0 saturated carbocycles. The minimum Gasteiger partial charge on any atom is -0.337 e. The van der Waals surface area contributed by atoms with Crippen LogP contribution >= 0.6 is 11.6 Å². The molecule has 1 aliphatic heterocycles. The second-order valence-corrected chi connectivity index (χ2v) is 5.91. The molecular weight excluding hydrogens is 338 g/mol. The molecule has 1 aliphatic rings. The number of benzene rings is 1. The predicted molar refractivity (Wildman–Crippen MR) is 83.9 cm³/mol. The van der Waals surface area contributed by atoms with Crippen molar-refractivity contribution in [2.45, 2.75) is 6.42 Å². The van der Waals surface area contributed by atoms with E-state index in [1.165, 1.54) is 10.7 Å². The third kappa shape index (κ3) is 2.24. The van der Waals surface area contributed by atoms with Crippen molar-refractivity contribution in [1.29, 1.82) is 0 Å². The van der Waals surface area contributed by atoms with Crippen molar-refractivity contribution in [3.05, 3.63) is 52.9 Å². The zero-order valence-electron chi connectivity index (χ0n) is 12.3. The highest BCUT2D eigenvalue weighted by atomic mass is 35.5. The molecule has 8 heteroatoms. The predicted octanol–water partition coefficient (Wildman–Crippen LogP) is 3.17. The molecule has 0 bridgehead atoms. The van der Waals surface area contributed by atoms with Crippen LogP contribution in [0.25, 0.3) is 16.8 Å². The molecule has 1 amide bonds. The summed E-state index contributed by atoms with van der Waals surface area (Å²) in [6.45, 7) is 1.24. The highest BCUT2D eigenvalue weighted by Gasteiger charge is 2.30. The summed E-state index contributed by atoms with van der Waals surface area (Å²) in [6.07, 6.45) is 4.02. The molecule has 0 radical (unpaired) electrons. The average molecular weight is 349 g/mol. The van der Waals surface area contributed by atoms with E-state index < -0.39 is 11.6 Å². The lowest BCUT2D eigenvalue weighted by atomic mass is 10.0. The van der Waals surface area contributed by atoms with Gasteiger partial charge in [0.05, 0.1) is 10.6 Å². The summed E-state index contributed by atoms with van der Waals surface area (Å²) in [7, 11) is 0. The van der Waals surface area contributed by atoms with Crippen LogP contribution in [0.15, 0.2) is 30.6 Å². The van der Waals surface area contributed by atoms with Gasteiger partial charge in [-0.3, -0.25) is 4.79 Å². The van der Waals surface area contributed by atoms with Gasteiger partial charge in [0.25, 0.3) is 5.91 Å². The number of hydrogen-bond acceptors (Lipinski definition) is 3. The van der Waals surface area contributed by atoms with E-state index in [1.54, 1.807) is 17.2 Å². The summed E-state index contributed by atoms with van der Waals surface area (Å²) >= 11 is 5.62. The van der Waals surface area contributed by atoms with Gasteiger partial charge in [0.2, 0.25) is 0 Å². The van der Waals surface area contributed by atoms with E-state index >= 15 is 0 Å². The lowest BCUT2D eigenvalue weighted by Gasteiger charge is -2.30. The zero-order chi connectivity index (χ0) is 16.8. The number of hydrogen-bond donors (Lipinski definition) is 0. The Bertz CT molecular complexity index is 968. The molecule has 0 aliphatic carbocycles. The first-order valence-corrected chi connectivity index (χ1v) is 7.71. The molecular formula is C16H11ClF2N4O. The number of halogens is 3. The molecule has 1 fully saturated rings. The average Bonchev–Trinajstić information content (AvgIpc) is 2.88. The Morgan fingerprint density at radius 1 is 1.21 bits per heavy atom. The van der Waals surface area contributed by atoms with Crippen LogP contribution < -0.4 is 0 Å². The summed E-state index contributed by atoms with van der Waals surface area (Å²) < 4.78 is 29.7. The fourth-order valence-electron chi connectivity index (χ4n) is 2.67. The molecule has 1 aromatic carbocycles. The normalized spacial score (nSPS) is 14.0. The topological polar surface area (TPSA) is 50.5 Å². The first-order chi connectivity index (χ1) is 11.6. The molecule has 3 heterocycles. The fraction of sp³-hybridized carbons (Fsp3) is 0.188. The van der Waals surface area contributed by atoms with Crippen LogP contribution in [0.2, 0.25) is 5.02 Å². The van der Waals surface area contributed by atoms with Gasteiger partial charge in [0.15, 0.2) is 11.3 Å². The molecule has 0 atom stereocenters. The summed E-state index contributed by atoms with van der Waals surface area (Å²) in [5, 5.41) is 3.90. The van der Waals surface area contributed by atoms with Gasteiger partial charge in [-0.15, -0.1) is 0 Å². The van der Waals surface area contributed by atoms with Crippen LogP contribution in [-0.2, 0) is 0 Å². The van der Waals surface area contributed by atoms with Gasteiger partial charge in [-0.05, 0) is 24.6 Å². The number of likely N-dealkylation sites (tertiary alicyclic amines) is 1. The number of aromatic nitrogens is 3. The monoisotopic (exact) mass is 348 g/mol. The van der Waals surface area contributed by atoms with Crippen LogP contribution in [0.4, 0.5) is 8.78 Å². The van der Waals surface area contributed by atoms with E-state index in [4.69, 9.17) is 11.6 Å². The van der Waals surface area contributed by atoms with Gasteiger partial charge in [-0.1, -0.05) is 11.6 Å². The van der Waals surface area contributed by atoms with Crippen LogP contribution in [0.1, 0.15) is 16.9 Å². The molecule has 122 valence electrons. The van der Waals surface area contributed by atoms with Gasteiger partial charge in [-0.25, -0.2) is 18.3 Å². The third-order valence-corrected chi connectivity index (χ3v) is 4.31. The SMILES string of the molecule is O=C(c1nn2cccnc2c1-c1cc(F)c(Cl)cc1F)N1CCC1. The summed E-state index contributed by atoms with van der Waals surface area (Å²) in [5.74, 6) is -1.83. The highest BCUT2D eigenvalue weighted by Crippen LogP contribution is 2.33. The number of carbonyl (C=O) groups excluding carboxylic acids is 1. The lowest BCUT2D eigenvalue weighted by Crippen LogP contribution is -2.42. The zero-order valence-corrected chi connectivity index (χ0v) is 13.1. The maximum atomic E-state index is 14.4. The Kier molecular flexibility index (Phi) is 3.45. The first-order valence-electron chi connectivity index (χ1n) is 7.34. The quantitative estimate of drug-likeness (QED) is 0.668. The lowest BCUT2D eigenvalue weighted by molar-refractivity contribution is 0.0646. The Morgan fingerprint density at radius 3 is 2.71 bits per heavy atom. The van der Waals surface area contributed by atoms with Crippen LogP contribution in [0.5, 0.6) is 0 Å². The molecule has 1 saturated heterocycles. The summed E-state index contributed by atoms with van der Waals surface area (Å²) in [5.41, 5.74) is 0.408. The Labute approximate surface area is 140 Å². The molecule has 2 aromatic heterocycles. The van der Waals surface area contributed by atoms with Gasteiger partial charge in [0.1, 0.15) is 11.6 Å². The van der Waals surface area contributed by atoms with Crippen molar-refractivity contribution in [3.63, 3.8) is 0 Å². The Balaban J connectivity index is 1.99. The van der Waals surface area contributed by atoms with Crippen LogP contribution in [0.3, 0.4) is 0 Å². The summed E-state index contributed by atoms with van der Waals surface area (Å²) in [4.78, 5) is 18.4. The van der Waals surface area contributed by atoms with Gasteiger partial charge in [0, 0.05) is 31.0 Å². The van der Waals surface area contributed by atoms with Gasteiger partial charge >= 0.3 is 0 Å². The molecule has 0 N–H and O–H groups in total. The number of amides is 1. The molecule has 24 heavy (non-hydrogen) atoms. The Hall–Kier alpha value is -2.54. The minimum absolute atomic E-state index is 0.0500. The minimum atomic E-state index is -0.773. The van der Waals surface area contributed by atoms with E-state index in [2.05, 4.69) is 10.1 Å². The van der Waals surface area contributed by atoms with Gasteiger partial charge in [-0.2, -0.15) is 5.10 Å². The van der Waals surface area contributed by atoms with Crippen molar-refractivity contribution in [2.24, 2.45) is 0 Å². The largest absolute Gasteiger partial charge is 0.337 e. The molecule has 0 unspecified atom stereocenters. The van der Waals surface area contributed by atoms with Crippen molar-refractivity contribution in [3.8, 4) is 11.1 Å². The standard InChI is InChI=1S/C16H11ClF2N4O/c17-10-8-11(18)9(7-12(10)19)13-14(16(24)22-4-2-5-22)21-23-6-1-3-20-15(13)23/h1,3,6-8H,2,4-5H2.